The van der Waals surface area contributed by atoms with Crippen LogP contribution in [0.15, 0.2) is 48.5 Å². The lowest BCUT2D eigenvalue weighted by Gasteiger charge is -2.48. The van der Waals surface area contributed by atoms with Crippen molar-refractivity contribution in [3.8, 4) is 0 Å². The van der Waals surface area contributed by atoms with Crippen molar-refractivity contribution in [2.75, 3.05) is 39.6 Å². The predicted octanol–water partition coefficient (Wildman–Crippen LogP) is -11.6. The highest BCUT2D eigenvalue weighted by atomic mass is 16.8. The zero-order chi connectivity index (χ0) is 79.9. The Morgan fingerprint density at radius 3 is 1.17 bits per heavy atom. The fourth-order valence-corrected chi connectivity index (χ4v) is 13.8. The van der Waals surface area contributed by atoms with E-state index in [1.54, 1.807) is 24.3 Å². The van der Waals surface area contributed by atoms with Crippen LogP contribution in [0.2, 0.25) is 0 Å². The van der Waals surface area contributed by atoms with Crippen LogP contribution in [0.5, 0.6) is 0 Å². The van der Waals surface area contributed by atoms with Gasteiger partial charge < -0.3 is 181 Å². The quantitative estimate of drug-likeness (QED) is 0.0333. The average molecular weight is 1560 g/mol. The van der Waals surface area contributed by atoms with E-state index in [0.717, 1.165) is 25.0 Å². The van der Waals surface area contributed by atoms with Gasteiger partial charge in [0.15, 0.2) is 25.0 Å². The highest BCUT2D eigenvalue weighted by Crippen LogP contribution is 2.40. The molecule has 42 heteroatoms. The zero-order valence-corrected chi connectivity index (χ0v) is 58.5. The zero-order valence-electron chi connectivity index (χ0n) is 58.5. The standard InChI is InChI=1S/C66H98N4O38/c1-5-26(28-8-12-30(13-9-28)58(94)70-60-50(90)48(88)54(36(20-74)102-60)106-62-52(92)46(86)44(84)38(104-62)22-100-66(64(97)98)16-32(78)40(68-25(4)76)56(108-66)42(82)34(80)18-72)14-23(2)27-6-10-29(11-7-27)57(93)69-59-49(89)47(87)53(35(19-73)101-59)105-61-51(91)45(85)43(83)37(103-61)21-99-65(63(95)96)15-31(77)39(67-24(3)75)55(107-65)41(81)33(79)17-71/h6-13,23,26,31-56,59-62,71-74,77-92H,5,14-22H2,1-4H3,(H,67,75)(H,68,76)(H,69,93)(H,70,94)(H,95,96)(H,97,98)/t23?,26?,31?,32?,33?,34?,35?,36?,37?,38?,39?,40?,41-,42-,43?,44?,45?,46?,47?,48?,49?,50?,51?,52?,53?,54?,55?,56?,59?,60?,61?,62?,65?,66?/m1/s1. The molecule has 32 unspecified atom stereocenters. The normalized spacial score (nSPS) is 39.0. The number of aliphatic hydroxyl groups is 20. The largest absolute Gasteiger partial charge is 0.477 e. The summed E-state index contributed by atoms with van der Waals surface area (Å²) in [5.74, 6) is -13.2. The van der Waals surface area contributed by atoms with Gasteiger partial charge in [0.2, 0.25) is 11.8 Å². The summed E-state index contributed by atoms with van der Waals surface area (Å²) < 4.78 is 56.5. The van der Waals surface area contributed by atoms with Crippen LogP contribution >= 0.6 is 0 Å². The van der Waals surface area contributed by atoms with Crippen molar-refractivity contribution < 1.29 is 188 Å². The van der Waals surface area contributed by atoms with E-state index in [0.29, 0.717) is 12.8 Å². The SMILES string of the molecule is CCC(CC(C)c1ccc(C(=O)NC2OC(CO)C(OC3OC(COC4(C(=O)O)CC(O)C(NC(C)=O)C([C@H](O)C(O)CO)O4)C(O)C(O)C3O)C(O)C2O)cc1)c1ccc(C(=O)NC2OC(CO)C(OC3OC(COC4(C(=O)O)CC(O)C(NC(C)=O)C([C@H](O)C(O)CO)O4)C(O)C(O)C3O)C(O)C2O)cc1. The highest BCUT2D eigenvalue weighted by Gasteiger charge is 2.60. The Balaban J connectivity index is 0.826. The van der Waals surface area contributed by atoms with Crippen LogP contribution in [-0.2, 0) is 66.5 Å². The number of rotatable bonds is 31. The maximum Gasteiger partial charge on any atom is 0.364 e. The second-order valence-corrected chi connectivity index (χ2v) is 27.6. The molecule has 26 N–H and O–H groups in total. The Kier molecular flexibility index (Phi) is 30.5. The summed E-state index contributed by atoms with van der Waals surface area (Å²) in [5, 5.41) is 245. The van der Waals surface area contributed by atoms with E-state index in [9.17, 15) is 141 Å². The Morgan fingerprint density at radius 2 is 0.843 bits per heavy atom. The van der Waals surface area contributed by atoms with Crippen molar-refractivity contribution in [3.05, 3.63) is 70.8 Å². The van der Waals surface area contributed by atoms with Crippen molar-refractivity contribution in [1.29, 1.82) is 0 Å². The van der Waals surface area contributed by atoms with Crippen LogP contribution in [0, 0.1) is 0 Å². The molecule has 108 heavy (non-hydrogen) atoms. The van der Waals surface area contributed by atoms with E-state index in [4.69, 9.17) is 47.4 Å². The third kappa shape index (κ3) is 19.6. The number of carbonyl (C=O) groups is 6. The predicted molar refractivity (Wildman–Crippen MR) is 350 cm³/mol. The number of hydrogen-bond acceptors (Lipinski definition) is 36. The van der Waals surface area contributed by atoms with Gasteiger partial charge in [0.1, 0.15) is 134 Å². The maximum absolute atomic E-state index is 13.7. The highest BCUT2D eigenvalue weighted by molar-refractivity contribution is 5.95. The molecule has 610 valence electrons. The third-order valence-electron chi connectivity index (χ3n) is 20.0. The Bertz CT molecular complexity index is 3300. The minimum atomic E-state index is -2.94. The first-order chi connectivity index (χ1) is 50.9. The summed E-state index contributed by atoms with van der Waals surface area (Å²) in [5.41, 5.74) is 1.69. The van der Waals surface area contributed by atoms with Crippen LogP contribution in [0.1, 0.15) is 97.1 Å². The second kappa shape index (κ2) is 37.6. The number of aliphatic carboxylic acids is 2. The lowest BCUT2D eigenvalue weighted by molar-refractivity contribution is -0.357. The first kappa shape index (κ1) is 87.6. The number of amides is 4. The van der Waals surface area contributed by atoms with E-state index in [2.05, 4.69) is 21.3 Å². The first-order valence-corrected chi connectivity index (χ1v) is 34.6. The molecular formula is C66H98N4O38. The minimum Gasteiger partial charge on any atom is -0.477 e. The molecule has 6 saturated heterocycles. The lowest BCUT2D eigenvalue weighted by atomic mass is 9.84. The number of carboxylic acids is 2. The number of carbonyl (C=O) groups excluding carboxylic acids is 4. The molecule has 6 aliphatic rings. The van der Waals surface area contributed by atoms with Gasteiger partial charge in [0, 0.05) is 37.8 Å². The summed E-state index contributed by atoms with van der Waals surface area (Å²) in [6, 6.07) is 9.53. The van der Waals surface area contributed by atoms with Gasteiger partial charge in [-0.2, -0.15) is 0 Å². The first-order valence-electron chi connectivity index (χ1n) is 34.6. The summed E-state index contributed by atoms with van der Waals surface area (Å²) in [6.07, 6.45) is -55.8. The molecule has 0 aliphatic carbocycles. The molecular weight excluding hydrogens is 1460 g/mol. The van der Waals surface area contributed by atoms with Crippen molar-refractivity contribution in [3.63, 3.8) is 0 Å². The van der Waals surface area contributed by atoms with Gasteiger partial charge in [-0.15, -0.1) is 0 Å². The lowest BCUT2D eigenvalue weighted by Crippen LogP contribution is -2.68. The van der Waals surface area contributed by atoms with Crippen LogP contribution in [0.3, 0.4) is 0 Å². The van der Waals surface area contributed by atoms with E-state index in [-0.39, 0.29) is 23.0 Å². The molecule has 4 amide bonds. The van der Waals surface area contributed by atoms with E-state index < -0.39 is 283 Å². The molecule has 0 bridgehead atoms. The summed E-state index contributed by atoms with van der Waals surface area (Å²) in [4.78, 5) is 76.8. The van der Waals surface area contributed by atoms with Gasteiger partial charge in [-0.1, -0.05) is 38.1 Å². The summed E-state index contributed by atoms with van der Waals surface area (Å²) >= 11 is 0. The topological polar surface area (TPSA) is 688 Å². The van der Waals surface area contributed by atoms with Gasteiger partial charge in [0.25, 0.3) is 23.4 Å². The van der Waals surface area contributed by atoms with Gasteiger partial charge in [0.05, 0.1) is 63.9 Å². The molecule has 2 aromatic carbocycles. The molecule has 0 saturated carbocycles. The molecule has 0 spiro atoms. The molecule has 34 atom stereocenters. The van der Waals surface area contributed by atoms with Gasteiger partial charge in [-0.3, -0.25) is 19.2 Å². The van der Waals surface area contributed by atoms with Crippen molar-refractivity contribution in [2.24, 2.45) is 0 Å². The number of aliphatic hydroxyl groups excluding tert-OH is 20. The maximum atomic E-state index is 13.7. The molecule has 6 fully saturated rings. The van der Waals surface area contributed by atoms with Crippen molar-refractivity contribution in [2.45, 2.75) is 260 Å². The Hall–Kier alpha value is -5.94. The third-order valence-corrected chi connectivity index (χ3v) is 20.0. The molecule has 2 aromatic rings. The van der Waals surface area contributed by atoms with Crippen molar-refractivity contribution in [1.82, 2.24) is 21.3 Å². The van der Waals surface area contributed by atoms with E-state index >= 15 is 0 Å². The van der Waals surface area contributed by atoms with Crippen molar-refractivity contribution >= 4 is 35.6 Å². The number of carboxylic acid groups (broad SMARTS) is 2. The second-order valence-electron chi connectivity index (χ2n) is 27.6. The molecule has 6 aliphatic heterocycles. The summed E-state index contributed by atoms with van der Waals surface area (Å²) in [6.45, 7) is -0.286. The fraction of sp³-hybridized carbons (Fsp3) is 0.727. The van der Waals surface area contributed by atoms with Crippen LogP contribution in [-0.4, -0.2) is 383 Å². The van der Waals surface area contributed by atoms with Crippen LogP contribution < -0.4 is 21.3 Å². The minimum absolute atomic E-state index is 0.0540. The number of hydrogen-bond donors (Lipinski definition) is 26. The van der Waals surface area contributed by atoms with E-state index in [1.807, 2.05) is 13.8 Å². The smallest absolute Gasteiger partial charge is 0.364 e. The fourth-order valence-electron chi connectivity index (χ4n) is 13.8. The number of ether oxygens (including phenoxy) is 10. The Morgan fingerprint density at radius 1 is 0.481 bits per heavy atom. The van der Waals surface area contributed by atoms with Gasteiger partial charge >= 0.3 is 11.9 Å². The average Bonchev–Trinajstić information content (AvgIpc) is 0.765. The molecule has 42 nitrogen and oxygen atoms in total. The van der Waals surface area contributed by atoms with Gasteiger partial charge in [-0.25, -0.2) is 9.59 Å². The van der Waals surface area contributed by atoms with E-state index in [1.165, 1.54) is 24.3 Å². The Labute approximate surface area is 614 Å². The molecule has 0 radical (unpaired) electrons. The molecule has 8 rings (SSSR count). The van der Waals surface area contributed by atoms with Gasteiger partial charge in [-0.05, 0) is 60.1 Å². The monoisotopic (exact) mass is 1550 g/mol. The van der Waals surface area contributed by atoms with Crippen LogP contribution in [0.25, 0.3) is 0 Å². The number of nitrogens with one attached hydrogen (secondary N) is 4. The summed E-state index contributed by atoms with van der Waals surface area (Å²) in [7, 11) is 0. The molecule has 0 aromatic heterocycles. The van der Waals surface area contributed by atoms with Crippen LogP contribution in [0.4, 0.5) is 0 Å². The number of benzene rings is 2. The molecule has 6 heterocycles.